The van der Waals surface area contributed by atoms with Crippen molar-refractivity contribution < 1.29 is 33.4 Å². The number of nitrogens with one attached hydrogen (secondary N) is 2. The lowest BCUT2D eigenvalue weighted by atomic mass is 10.1. The number of methoxy groups -OCH3 is 1. The van der Waals surface area contributed by atoms with E-state index in [1.165, 1.54) is 25.3 Å². The minimum atomic E-state index is -0.619. The lowest BCUT2D eigenvalue weighted by Gasteiger charge is -2.18. The predicted octanol–water partition coefficient (Wildman–Crippen LogP) is 4.49. The molecule has 2 N–H and O–H groups in total. The number of rotatable bonds is 10. The van der Waals surface area contributed by atoms with E-state index in [1.807, 2.05) is 13.8 Å². The first-order valence-electron chi connectivity index (χ1n) is 11.7. The molecule has 10 nitrogen and oxygen atoms in total. The summed E-state index contributed by atoms with van der Waals surface area (Å²) in [6, 6.07) is 4.33. The molecule has 0 aliphatic carbocycles. The van der Waals surface area contributed by atoms with Crippen LogP contribution < -0.4 is 10.6 Å². The summed E-state index contributed by atoms with van der Waals surface area (Å²) in [4.78, 5) is 52.3. The van der Waals surface area contributed by atoms with Crippen molar-refractivity contribution in [2.45, 2.75) is 34.6 Å². The molecule has 0 aliphatic heterocycles. The number of amides is 1. The quantitative estimate of drug-likeness (QED) is 0.249. The maximum absolute atomic E-state index is 13.0. The number of nitrogens with zero attached hydrogens (tertiary/aromatic N) is 1. The van der Waals surface area contributed by atoms with Gasteiger partial charge in [0.2, 0.25) is 0 Å². The second kappa shape index (κ2) is 13.7. The number of esters is 3. The molecule has 0 saturated carbocycles. The Morgan fingerprint density at radius 2 is 1.43 bits per heavy atom. The van der Waals surface area contributed by atoms with Gasteiger partial charge in [-0.05, 0) is 70.6 Å². The van der Waals surface area contributed by atoms with Gasteiger partial charge in [-0.2, -0.15) is 0 Å². The Labute approximate surface area is 225 Å². The maximum atomic E-state index is 13.0. The second-order valence-corrected chi connectivity index (χ2v) is 8.98. The normalized spacial score (nSPS) is 10.3. The molecule has 37 heavy (non-hydrogen) atoms. The Morgan fingerprint density at radius 1 is 0.892 bits per heavy atom. The Balaban J connectivity index is 2.42. The van der Waals surface area contributed by atoms with E-state index in [0.717, 1.165) is 11.3 Å². The molecule has 0 unspecified atom stereocenters. The lowest BCUT2D eigenvalue weighted by molar-refractivity contribution is 0.0522. The zero-order valence-corrected chi connectivity index (χ0v) is 23.3. The van der Waals surface area contributed by atoms with Crippen molar-refractivity contribution in [3.8, 4) is 0 Å². The van der Waals surface area contributed by atoms with Gasteiger partial charge >= 0.3 is 17.9 Å². The van der Waals surface area contributed by atoms with Crippen molar-refractivity contribution in [1.82, 2.24) is 4.90 Å². The van der Waals surface area contributed by atoms with Crippen LogP contribution in [0.25, 0.3) is 0 Å². The number of thiophene rings is 1. The minimum Gasteiger partial charge on any atom is -0.465 e. The number of anilines is 2. The molecule has 0 bridgehead atoms. The molecule has 0 atom stereocenters. The number of hydrogen-bond acceptors (Lipinski definition) is 9. The summed E-state index contributed by atoms with van der Waals surface area (Å²) in [5.74, 6) is -2.05. The van der Waals surface area contributed by atoms with Gasteiger partial charge in [0.15, 0.2) is 5.11 Å². The lowest BCUT2D eigenvalue weighted by Crippen LogP contribution is -2.30. The van der Waals surface area contributed by atoms with Crippen LogP contribution in [0.3, 0.4) is 0 Å². The van der Waals surface area contributed by atoms with Crippen LogP contribution in [0, 0.1) is 6.92 Å². The average molecular weight is 550 g/mol. The van der Waals surface area contributed by atoms with Gasteiger partial charge in [0.25, 0.3) is 5.91 Å². The Bertz CT molecular complexity index is 1150. The van der Waals surface area contributed by atoms with Gasteiger partial charge in [0, 0.05) is 18.8 Å². The number of benzene rings is 1. The highest BCUT2D eigenvalue weighted by atomic mass is 32.1. The van der Waals surface area contributed by atoms with E-state index in [4.69, 9.17) is 26.4 Å². The van der Waals surface area contributed by atoms with E-state index in [9.17, 15) is 19.2 Å². The molecular formula is C25H31N3O7S2. The van der Waals surface area contributed by atoms with Crippen LogP contribution in [-0.4, -0.2) is 67.2 Å². The number of ether oxygens (including phenoxy) is 3. The van der Waals surface area contributed by atoms with E-state index in [0.29, 0.717) is 34.2 Å². The molecule has 12 heteroatoms. The van der Waals surface area contributed by atoms with Crippen molar-refractivity contribution in [3.63, 3.8) is 0 Å². The molecule has 1 heterocycles. The molecular weight excluding hydrogens is 518 g/mol. The number of carbonyl (C=O) groups is 4. The Morgan fingerprint density at radius 3 is 1.89 bits per heavy atom. The van der Waals surface area contributed by atoms with Crippen LogP contribution in [0.4, 0.5) is 10.7 Å². The fraction of sp³-hybridized carbons (Fsp3) is 0.400. The first-order chi connectivity index (χ1) is 17.6. The van der Waals surface area contributed by atoms with Crippen LogP contribution in [-0.2, 0) is 14.2 Å². The third-order valence-electron chi connectivity index (χ3n) is 5.22. The van der Waals surface area contributed by atoms with E-state index in [1.54, 1.807) is 25.7 Å². The highest BCUT2D eigenvalue weighted by Gasteiger charge is 2.27. The third kappa shape index (κ3) is 7.26. The Kier molecular flexibility index (Phi) is 11.0. The topological polar surface area (TPSA) is 123 Å². The molecule has 2 aromatic rings. The molecule has 0 saturated heterocycles. The van der Waals surface area contributed by atoms with Gasteiger partial charge < -0.3 is 29.7 Å². The van der Waals surface area contributed by atoms with Crippen molar-refractivity contribution in [3.05, 3.63) is 45.3 Å². The number of hydrogen-bond donors (Lipinski definition) is 2. The zero-order valence-electron chi connectivity index (χ0n) is 21.7. The van der Waals surface area contributed by atoms with E-state index in [-0.39, 0.29) is 40.9 Å². The summed E-state index contributed by atoms with van der Waals surface area (Å²) < 4.78 is 15.0. The largest absolute Gasteiger partial charge is 0.465 e. The first kappa shape index (κ1) is 29.7. The van der Waals surface area contributed by atoms with Crippen molar-refractivity contribution in [1.29, 1.82) is 0 Å². The van der Waals surface area contributed by atoms with Crippen LogP contribution in [0.1, 0.15) is 74.0 Å². The van der Waals surface area contributed by atoms with Crippen molar-refractivity contribution >= 4 is 63.2 Å². The van der Waals surface area contributed by atoms with Crippen LogP contribution in [0.2, 0.25) is 0 Å². The summed E-state index contributed by atoms with van der Waals surface area (Å²) in [7, 11) is 1.25. The molecule has 0 aliphatic rings. The maximum Gasteiger partial charge on any atom is 0.341 e. The molecule has 0 fully saturated rings. The predicted molar refractivity (Wildman–Crippen MR) is 146 cm³/mol. The van der Waals surface area contributed by atoms with Gasteiger partial charge in [-0.3, -0.25) is 4.79 Å². The molecule has 0 spiro atoms. The smallest absolute Gasteiger partial charge is 0.341 e. The van der Waals surface area contributed by atoms with Crippen molar-refractivity contribution in [2.24, 2.45) is 0 Å². The molecule has 1 aromatic heterocycles. The molecule has 1 amide bonds. The highest BCUT2D eigenvalue weighted by Crippen LogP contribution is 2.35. The standard InChI is InChI=1S/C25H31N3O7S2/c1-7-28(8-2)21(29)19-14(5)18(24(32)33-6)20(37-19)27-25(36)26-17-12-15(22(30)34-9-3)11-16(13-17)23(31)35-10-4/h11-13H,7-10H2,1-6H3,(H2,26,27,36). The second-order valence-electron chi connectivity index (χ2n) is 7.55. The molecule has 200 valence electrons. The average Bonchev–Trinajstić information content (AvgIpc) is 3.19. The van der Waals surface area contributed by atoms with Gasteiger partial charge in [-0.1, -0.05) is 0 Å². The van der Waals surface area contributed by atoms with Crippen molar-refractivity contribution in [2.75, 3.05) is 44.0 Å². The monoisotopic (exact) mass is 549 g/mol. The summed E-state index contributed by atoms with van der Waals surface area (Å²) in [6.07, 6.45) is 0. The number of carbonyl (C=O) groups excluding carboxylic acids is 4. The van der Waals surface area contributed by atoms with Gasteiger partial charge in [-0.25, -0.2) is 14.4 Å². The summed E-state index contributed by atoms with van der Waals surface area (Å²) in [5.41, 5.74) is 1.25. The Hall–Kier alpha value is -3.51. The fourth-order valence-electron chi connectivity index (χ4n) is 3.44. The van der Waals surface area contributed by atoms with E-state index >= 15 is 0 Å². The van der Waals surface area contributed by atoms with Gasteiger partial charge in [-0.15, -0.1) is 11.3 Å². The van der Waals surface area contributed by atoms with Crippen LogP contribution in [0.15, 0.2) is 18.2 Å². The minimum absolute atomic E-state index is 0.0593. The van der Waals surface area contributed by atoms with Gasteiger partial charge in [0.1, 0.15) is 5.00 Å². The van der Waals surface area contributed by atoms with E-state index in [2.05, 4.69) is 10.6 Å². The summed E-state index contributed by atoms with van der Waals surface area (Å²) in [6.45, 7) is 10.1. The summed E-state index contributed by atoms with van der Waals surface area (Å²) >= 11 is 6.53. The van der Waals surface area contributed by atoms with Crippen LogP contribution >= 0.6 is 23.6 Å². The third-order valence-corrected chi connectivity index (χ3v) is 6.62. The summed E-state index contributed by atoms with van der Waals surface area (Å²) in [5, 5.41) is 6.25. The highest BCUT2D eigenvalue weighted by molar-refractivity contribution is 7.80. The molecule has 0 radical (unpaired) electrons. The van der Waals surface area contributed by atoms with Crippen LogP contribution in [0.5, 0.6) is 0 Å². The first-order valence-corrected chi connectivity index (χ1v) is 12.9. The molecule has 1 aromatic carbocycles. The fourth-order valence-corrected chi connectivity index (χ4v) is 4.89. The zero-order chi connectivity index (χ0) is 27.7. The van der Waals surface area contributed by atoms with E-state index < -0.39 is 17.9 Å². The van der Waals surface area contributed by atoms with Gasteiger partial charge in [0.05, 0.1) is 41.9 Å². The SMILES string of the molecule is CCOC(=O)c1cc(NC(=S)Nc2sc(C(=O)N(CC)CC)c(C)c2C(=O)OC)cc(C(=O)OCC)c1. The number of thiocarbonyl (C=S) groups is 1. The molecule has 2 rings (SSSR count).